The van der Waals surface area contributed by atoms with Gasteiger partial charge in [-0.1, -0.05) is 28.1 Å². The van der Waals surface area contributed by atoms with Gasteiger partial charge in [-0.05, 0) is 65.2 Å². The van der Waals surface area contributed by atoms with Gasteiger partial charge in [-0.15, -0.1) is 0 Å². The van der Waals surface area contributed by atoms with Gasteiger partial charge in [0.2, 0.25) is 0 Å². The molecule has 2 nitrogen and oxygen atoms in total. The Balaban J connectivity index is 2.26. The molecule has 1 amide bonds. The molecule has 1 N–H and O–H groups in total. The van der Waals surface area contributed by atoms with Gasteiger partial charge in [-0.3, -0.25) is 4.79 Å². The molecule has 2 aromatic rings. The van der Waals surface area contributed by atoms with Gasteiger partial charge < -0.3 is 5.32 Å². The van der Waals surface area contributed by atoms with Crippen LogP contribution in [0.1, 0.15) is 21.5 Å². The lowest BCUT2D eigenvalue weighted by Crippen LogP contribution is -2.13. The summed E-state index contributed by atoms with van der Waals surface area (Å²) in [6.07, 6.45) is 0. The Hall–Kier alpha value is -1.13. The lowest BCUT2D eigenvalue weighted by molar-refractivity contribution is 0.102. The minimum atomic E-state index is -0.114. The molecule has 0 saturated carbocycles. The van der Waals surface area contributed by atoms with Crippen molar-refractivity contribution in [3.63, 3.8) is 0 Å². The fourth-order valence-electron chi connectivity index (χ4n) is 1.74. The van der Waals surface area contributed by atoms with Crippen molar-refractivity contribution in [2.75, 3.05) is 5.32 Å². The molecule has 0 fully saturated rings. The van der Waals surface area contributed by atoms with E-state index in [1.165, 1.54) is 0 Å². The molecule has 4 heteroatoms. The number of carbonyl (C=O) groups excluding carboxylic acids is 1. The zero-order chi connectivity index (χ0) is 14.0. The van der Waals surface area contributed by atoms with Crippen molar-refractivity contribution >= 4 is 43.5 Å². The molecule has 0 heterocycles. The van der Waals surface area contributed by atoms with E-state index in [1.807, 2.05) is 44.2 Å². The molecule has 19 heavy (non-hydrogen) atoms. The number of anilines is 1. The monoisotopic (exact) mass is 381 g/mol. The highest BCUT2D eigenvalue weighted by atomic mass is 79.9. The first kappa shape index (κ1) is 14.3. The molecule has 0 saturated heterocycles. The Bertz CT molecular complexity index is 638. The fraction of sp³-hybridized carbons (Fsp3) is 0.133. The standard InChI is InChI=1S/C15H13Br2NO/c1-9-4-3-5-12(14(9)17)15(19)18-11-6-7-13(16)10(2)8-11/h3-8H,1-2H3,(H,18,19). The van der Waals surface area contributed by atoms with Crippen molar-refractivity contribution in [3.8, 4) is 0 Å². The maximum atomic E-state index is 12.2. The first-order chi connectivity index (χ1) is 8.99. The van der Waals surface area contributed by atoms with E-state index in [-0.39, 0.29) is 5.91 Å². The summed E-state index contributed by atoms with van der Waals surface area (Å²) in [4.78, 5) is 12.2. The summed E-state index contributed by atoms with van der Waals surface area (Å²) in [6, 6.07) is 11.4. The SMILES string of the molecule is Cc1cc(NC(=O)c2cccc(C)c2Br)ccc1Br. The topological polar surface area (TPSA) is 29.1 Å². The van der Waals surface area contributed by atoms with Crippen LogP contribution in [0.3, 0.4) is 0 Å². The predicted octanol–water partition coefficient (Wildman–Crippen LogP) is 5.08. The number of halogens is 2. The van der Waals surface area contributed by atoms with E-state index in [0.717, 1.165) is 25.8 Å². The summed E-state index contributed by atoms with van der Waals surface area (Å²) < 4.78 is 1.86. The lowest BCUT2D eigenvalue weighted by Gasteiger charge is -2.09. The predicted molar refractivity (Wildman–Crippen MR) is 85.7 cm³/mol. The first-order valence-corrected chi connectivity index (χ1v) is 7.40. The molecule has 2 aromatic carbocycles. The highest BCUT2D eigenvalue weighted by molar-refractivity contribution is 9.10. The average molecular weight is 383 g/mol. The van der Waals surface area contributed by atoms with Crippen LogP contribution in [-0.2, 0) is 0 Å². The number of carbonyl (C=O) groups is 1. The van der Waals surface area contributed by atoms with Crippen LogP contribution in [0.25, 0.3) is 0 Å². The smallest absolute Gasteiger partial charge is 0.256 e. The zero-order valence-corrected chi connectivity index (χ0v) is 13.8. The molecule has 0 aromatic heterocycles. The third-order valence-electron chi connectivity index (χ3n) is 2.85. The van der Waals surface area contributed by atoms with E-state index in [0.29, 0.717) is 5.56 Å². The molecular formula is C15H13Br2NO. The Morgan fingerprint density at radius 3 is 2.47 bits per heavy atom. The highest BCUT2D eigenvalue weighted by Gasteiger charge is 2.11. The molecule has 0 aliphatic heterocycles. The van der Waals surface area contributed by atoms with Crippen LogP contribution >= 0.6 is 31.9 Å². The minimum absolute atomic E-state index is 0.114. The number of hydrogen-bond donors (Lipinski definition) is 1. The van der Waals surface area contributed by atoms with Crippen LogP contribution in [0.2, 0.25) is 0 Å². The lowest BCUT2D eigenvalue weighted by atomic mass is 10.1. The fourth-order valence-corrected chi connectivity index (χ4v) is 2.43. The van der Waals surface area contributed by atoms with E-state index in [4.69, 9.17) is 0 Å². The van der Waals surface area contributed by atoms with Gasteiger partial charge in [0.15, 0.2) is 0 Å². The molecule has 0 radical (unpaired) electrons. The maximum Gasteiger partial charge on any atom is 0.256 e. The van der Waals surface area contributed by atoms with Gasteiger partial charge in [0.1, 0.15) is 0 Å². The summed E-state index contributed by atoms with van der Waals surface area (Å²) in [5.41, 5.74) is 3.56. The van der Waals surface area contributed by atoms with Gasteiger partial charge in [0.25, 0.3) is 5.91 Å². The number of nitrogens with one attached hydrogen (secondary N) is 1. The quantitative estimate of drug-likeness (QED) is 0.770. The van der Waals surface area contributed by atoms with Crippen LogP contribution in [0.5, 0.6) is 0 Å². The number of benzene rings is 2. The van der Waals surface area contributed by atoms with Crippen molar-refractivity contribution in [2.45, 2.75) is 13.8 Å². The summed E-state index contributed by atoms with van der Waals surface area (Å²) >= 11 is 6.89. The van der Waals surface area contributed by atoms with Crippen LogP contribution < -0.4 is 5.32 Å². The summed E-state index contributed by atoms with van der Waals surface area (Å²) in [7, 11) is 0. The van der Waals surface area contributed by atoms with E-state index in [1.54, 1.807) is 6.07 Å². The average Bonchev–Trinajstić information content (AvgIpc) is 2.37. The molecule has 0 atom stereocenters. The summed E-state index contributed by atoms with van der Waals surface area (Å²) in [5, 5.41) is 2.90. The van der Waals surface area contributed by atoms with Gasteiger partial charge in [-0.25, -0.2) is 0 Å². The molecule has 98 valence electrons. The van der Waals surface area contributed by atoms with Crippen molar-refractivity contribution in [1.82, 2.24) is 0 Å². The molecule has 0 spiro atoms. The molecule has 0 aliphatic rings. The van der Waals surface area contributed by atoms with E-state index < -0.39 is 0 Å². The van der Waals surface area contributed by atoms with Gasteiger partial charge in [-0.2, -0.15) is 0 Å². The first-order valence-electron chi connectivity index (χ1n) is 5.81. The number of rotatable bonds is 2. The molecular weight excluding hydrogens is 370 g/mol. The highest BCUT2D eigenvalue weighted by Crippen LogP contribution is 2.24. The van der Waals surface area contributed by atoms with E-state index >= 15 is 0 Å². The number of amides is 1. The third kappa shape index (κ3) is 3.25. The van der Waals surface area contributed by atoms with Crippen LogP contribution in [0.15, 0.2) is 45.3 Å². The van der Waals surface area contributed by atoms with E-state index in [9.17, 15) is 4.79 Å². The zero-order valence-electron chi connectivity index (χ0n) is 10.6. The van der Waals surface area contributed by atoms with Gasteiger partial charge >= 0.3 is 0 Å². The molecule has 0 bridgehead atoms. The molecule has 0 aliphatic carbocycles. The van der Waals surface area contributed by atoms with Crippen LogP contribution in [-0.4, -0.2) is 5.91 Å². The second kappa shape index (κ2) is 5.88. The third-order valence-corrected chi connectivity index (χ3v) is 4.79. The number of hydrogen-bond acceptors (Lipinski definition) is 1. The van der Waals surface area contributed by atoms with Gasteiger partial charge in [0, 0.05) is 14.6 Å². The van der Waals surface area contributed by atoms with Crippen molar-refractivity contribution in [1.29, 1.82) is 0 Å². The number of aryl methyl sites for hydroxylation is 2. The van der Waals surface area contributed by atoms with E-state index in [2.05, 4.69) is 37.2 Å². The Morgan fingerprint density at radius 1 is 1.05 bits per heavy atom. The maximum absolute atomic E-state index is 12.2. The van der Waals surface area contributed by atoms with Crippen LogP contribution in [0, 0.1) is 13.8 Å². The largest absolute Gasteiger partial charge is 0.322 e. The van der Waals surface area contributed by atoms with Crippen molar-refractivity contribution in [2.24, 2.45) is 0 Å². The summed E-state index contributed by atoms with van der Waals surface area (Å²) in [6.45, 7) is 3.95. The van der Waals surface area contributed by atoms with Crippen molar-refractivity contribution in [3.05, 3.63) is 62.0 Å². The Kier molecular flexibility index (Phi) is 4.42. The minimum Gasteiger partial charge on any atom is -0.322 e. The molecule has 0 unspecified atom stereocenters. The second-order valence-corrected chi connectivity index (χ2v) is 6.00. The second-order valence-electron chi connectivity index (χ2n) is 4.35. The van der Waals surface area contributed by atoms with Gasteiger partial charge in [0.05, 0.1) is 5.56 Å². The van der Waals surface area contributed by atoms with Crippen molar-refractivity contribution < 1.29 is 4.79 Å². The molecule has 2 rings (SSSR count). The Labute approximate surface area is 129 Å². The Morgan fingerprint density at radius 2 is 1.79 bits per heavy atom. The summed E-state index contributed by atoms with van der Waals surface area (Å²) in [5.74, 6) is -0.114. The normalized spacial score (nSPS) is 10.3. The van der Waals surface area contributed by atoms with Crippen LogP contribution in [0.4, 0.5) is 5.69 Å².